The van der Waals surface area contributed by atoms with Crippen molar-refractivity contribution < 1.29 is 43.7 Å². The number of hydrogen-bond acceptors (Lipinski definition) is 10. The van der Waals surface area contributed by atoms with Crippen molar-refractivity contribution >= 4 is 35.6 Å². The molecule has 2 aromatic carbocycles. The van der Waals surface area contributed by atoms with E-state index in [9.17, 15) is 34.2 Å². The van der Waals surface area contributed by atoms with E-state index >= 15 is 0 Å². The molecule has 6 N–H and O–H groups in total. The summed E-state index contributed by atoms with van der Waals surface area (Å²) in [7, 11) is 2.36. The summed E-state index contributed by atoms with van der Waals surface area (Å²) in [6.45, 7) is 6.66. The fourth-order valence-electron chi connectivity index (χ4n) is 6.76. The predicted molar refractivity (Wildman–Crippen MR) is 198 cm³/mol. The summed E-state index contributed by atoms with van der Waals surface area (Å²) in [6, 6.07) is 12.5. The van der Waals surface area contributed by atoms with Crippen LogP contribution in [0.1, 0.15) is 58.8 Å². The lowest BCUT2D eigenvalue weighted by atomic mass is 9.97. The number of alkyl carbamates (subject to hydrolysis) is 2. The van der Waals surface area contributed by atoms with Gasteiger partial charge in [-0.3, -0.25) is 14.4 Å². The Bertz CT molecular complexity index is 1830. The Kier molecular flexibility index (Phi) is 12.0. The van der Waals surface area contributed by atoms with Gasteiger partial charge in [0.25, 0.3) is 0 Å². The number of amides is 5. The average Bonchev–Trinajstić information content (AvgIpc) is 3.93. The van der Waals surface area contributed by atoms with Crippen molar-refractivity contribution in [2.24, 2.45) is 5.92 Å². The number of hydrogen-bond donors (Lipinski definition) is 6. The van der Waals surface area contributed by atoms with E-state index in [4.69, 9.17) is 0 Å². The van der Waals surface area contributed by atoms with E-state index in [2.05, 4.69) is 35.4 Å². The first-order valence-corrected chi connectivity index (χ1v) is 17.8. The number of methoxy groups -OCH3 is 2. The van der Waals surface area contributed by atoms with Crippen LogP contribution in [0.25, 0.3) is 22.4 Å². The maximum Gasteiger partial charge on any atom is 0.407 e. The van der Waals surface area contributed by atoms with Gasteiger partial charge in [0.2, 0.25) is 17.7 Å². The third-order valence-electron chi connectivity index (χ3n) is 9.80. The molecule has 3 aromatic rings. The summed E-state index contributed by atoms with van der Waals surface area (Å²) in [5.41, 5.74) is 1.06. The van der Waals surface area contributed by atoms with E-state index in [0.717, 1.165) is 28.8 Å². The molecule has 0 saturated carbocycles. The minimum absolute atomic E-state index is 0.149. The molecule has 5 amide bonds. The molecule has 0 spiro atoms. The van der Waals surface area contributed by atoms with Crippen LogP contribution in [-0.4, -0.2) is 117 Å². The molecular formula is C38H49N7O9. The maximum atomic E-state index is 13.5. The predicted octanol–water partition coefficient (Wildman–Crippen LogP) is 3.19. The Morgan fingerprint density at radius 3 is 1.89 bits per heavy atom. The van der Waals surface area contributed by atoms with Gasteiger partial charge in [0, 0.05) is 25.3 Å². The van der Waals surface area contributed by atoms with Crippen molar-refractivity contribution in [2.75, 3.05) is 39.2 Å². The van der Waals surface area contributed by atoms with Crippen LogP contribution < -0.4 is 16.0 Å². The van der Waals surface area contributed by atoms with Crippen LogP contribution in [0, 0.1) is 5.92 Å². The zero-order valence-electron chi connectivity index (χ0n) is 31.3. The molecule has 2 aliphatic rings. The lowest BCUT2D eigenvalue weighted by Gasteiger charge is -2.34. The molecule has 3 heterocycles. The second kappa shape index (κ2) is 16.3. The van der Waals surface area contributed by atoms with Gasteiger partial charge in [-0.2, -0.15) is 0 Å². The van der Waals surface area contributed by atoms with E-state index < -0.39 is 53.2 Å². The van der Waals surface area contributed by atoms with Crippen LogP contribution in [0.4, 0.5) is 15.3 Å². The molecule has 0 unspecified atom stereocenters. The van der Waals surface area contributed by atoms with Crippen molar-refractivity contribution in [2.45, 2.75) is 76.3 Å². The van der Waals surface area contributed by atoms with Crippen molar-refractivity contribution in [3.8, 4) is 22.4 Å². The molecule has 16 nitrogen and oxygen atoms in total. The number of nitrogens with zero attached hydrogens (tertiary/aromatic N) is 3. The SMILES string of the molecule is COC(=O)N[C@H](C(=O)N1CCC[C@H]1c1ncc(-c2ccc(-c3ccc(NC(=O)[C@@H]4CCN(C(=O)[C@H](NC(=O)OC)C(C)(C)O)C4)cc3)cc2)[nH]1)C(C)(C)O. The first kappa shape index (κ1) is 39.7. The number of aromatic amines is 1. The summed E-state index contributed by atoms with van der Waals surface area (Å²) >= 11 is 0. The van der Waals surface area contributed by atoms with Gasteiger partial charge < -0.3 is 50.4 Å². The summed E-state index contributed by atoms with van der Waals surface area (Å²) < 4.78 is 9.26. The van der Waals surface area contributed by atoms with Gasteiger partial charge in [-0.15, -0.1) is 0 Å². The number of nitrogens with one attached hydrogen (secondary N) is 4. The number of H-pyrrole nitrogens is 1. The number of benzene rings is 2. The number of imidazole rings is 1. The highest BCUT2D eigenvalue weighted by atomic mass is 16.5. The zero-order valence-corrected chi connectivity index (χ0v) is 31.3. The Morgan fingerprint density at radius 2 is 1.33 bits per heavy atom. The van der Waals surface area contributed by atoms with Gasteiger partial charge in [-0.05, 0) is 75.8 Å². The summed E-state index contributed by atoms with van der Waals surface area (Å²) in [6.07, 6.45) is 1.91. The van der Waals surface area contributed by atoms with Crippen LogP contribution in [0.3, 0.4) is 0 Å². The molecular weight excluding hydrogens is 698 g/mol. The molecule has 5 rings (SSSR count). The van der Waals surface area contributed by atoms with Gasteiger partial charge >= 0.3 is 12.2 Å². The molecule has 1 aromatic heterocycles. The van der Waals surface area contributed by atoms with Crippen molar-refractivity contribution in [1.29, 1.82) is 0 Å². The molecule has 16 heteroatoms. The van der Waals surface area contributed by atoms with E-state index in [1.807, 2.05) is 48.5 Å². The quantitative estimate of drug-likeness (QED) is 0.168. The van der Waals surface area contributed by atoms with E-state index in [1.165, 1.54) is 46.8 Å². The topological polar surface area (TPSA) is 216 Å². The largest absolute Gasteiger partial charge is 0.453 e. The molecule has 0 aliphatic carbocycles. The van der Waals surface area contributed by atoms with E-state index in [1.54, 1.807) is 11.1 Å². The number of aromatic nitrogens is 2. The highest BCUT2D eigenvalue weighted by Gasteiger charge is 2.43. The van der Waals surface area contributed by atoms with Crippen molar-refractivity contribution in [3.63, 3.8) is 0 Å². The first-order chi connectivity index (χ1) is 25.5. The Hall–Kier alpha value is -5.48. The van der Waals surface area contributed by atoms with Gasteiger partial charge in [0.05, 0.1) is 49.3 Å². The Balaban J connectivity index is 1.18. The Labute approximate surface area is 313 Å². The minimum atomic E-state index is -1.55. The highest BCUT2D eigenvalue weighted by molar-refractivity contribution is 5.94. The van der Waals surface area contributed by atoms with Crippen LogP contribution in [0.2, 0.25) is 0 Å². The summed E-state index contributed by atoms with van der Waals surface area (Å²) in [4.78, 5) is 74.5. The van der Waals surface area contributed by atoms with Gasteiger partial charge in [-0.1, -0.05) is 36.4 Å². The molecule has 0 radical (unpaired) electrons. The summed E-state index contributed by atoms with van der Waals surface area (Å²) in [5.74, 6) is -1.01. The number of likely N-dealkylation sites (tertiary alicyclic amines) is 2. The lowest BCUT2D eigenvalue weighted by molar-refractivity contribution is -0.140. The molecule has 54 heavy (non-hydrogen) atoms. The van der Waals surface area contributed by atoms with Crippen LogP contribution in [0.5, 0.6) is 0 Å². The minimum Gasteiger partial charge on any atom is -0.453 e. The average molecular weight is 748 g/mol. The highest BCUT2D eigenvalue weighted by Crippen LogP contribution is 2.34. The van der Waals surface area contributed by atoms with Crippen LogP contribution in [-0.2, 0) is 23.9 Å². The lowest BCUT2D eigenvalue weighted by Crippen LogP contribution is -2.58. The number of anilines is 1. The second-order valence-electron chi connectivity index (χ2n) is 14.7. The fourth-order valence-corrected chi connectivity index (χ4v) is 6.76. The molecule has 4 atom stereocenters. The fraction of sp³-hybridized carbons (Fsp3) is 0.474. The number of aliphatic hydroxyl groups is 2. The van der Waals surface area contributed by atoms with Gasteiger partial charge in [-0.25, -0.2) is 14.6 Å². The monoisotopic (exact) mass is 747 g/mol. The van der Waals surface area contributed by atoms with Crippen LogP contribution >= 0.6 is 0 Å². The molecule has 290 valence electrons. The molecule has 0 bridgehead atoms. The normalized spacial score (nSPS) is 18.4. The molecule has 2 fully saturated rings. The van der Waals surface area contributed by atoms with Gasteiger partial charge in [0.15, 0.2) is 0 Å². The third-order valence-corrected chi connectivity index (χ3v) is 9.80. The van der Waals surface area contributed by atoms with E-state index in [-0.39, 0.29) is 18.5 Å². The number of rotatable bonds is 11. The molecule has 2 aliphatic heterocycles. The Morgan fingerprint density at radius 1 is 0.796 bits per heavy atom. The van der Waals surface area contributed by atoms with Crippen molar-refractivity contribution in [3.05, 3.63) is 60.6 Å². The van der Waals surface area contributed by atoms with E-state index in [0.29, 0.717) is 37.4 Å². The molecule has 2 saturated heterocycles. The maximum absolute atomic E-state index is 13.5. The van der Waals surface area contributed by atoms with Crippen molar-refractivity contribution in [1.82, 2.24) is 30.4 Å². The smallest absolute Gasteiger partial charge is 0.407 e. The number of carbonyl (C=O) groups excluding carboxylic acids is 5. The van der Waals surface area contributed by atoms with Gasteiger partial charge in [0.1, 0.15) is 17.9 Å². The number of carbonyl (C=O) groups is 5. The first-order valence-electron chi connectivity index (χ1n) is 17.8. The standard InChI is InChI=1S/C38H49N7O9/c1-37(2,51)29(42-35(49)53-5)33(47)44-19-17-25(21-44)32(46)40-26-15-13-23(14-16-26)22-9-11-24(12-10-22)27-20-39-31(41-27)28-8-7-18-45(28)34(48)30(38(3,4)52)43-36(50)54-6/h9-16,20,25,28-30,51-52H,7-8,17-19,21H2,1-6H3,(H,39,41)(H,40,46)(H,42,49)(H,43,50)/t25-,28+,29+,30-/m1/s1. The van der Waals surface area contributed by atoms with Crippen LogP contribution in [0.15, 0.2) is 54.7 Å². The second-order valence-corrected chi connectivity index (χ2v) is 14.7. The summed E-state index contributed by atoms with van der Waals surface area (Å²) in [5, 5.41) is 28.9. The third kappa shape index (κ3) is 9.17. The zero-order chi connectivity index (χ0) is 39.4. The number of ether oxygens (including phenoxy) is 2.